The maximum atomic E-state index is 11.8. The van der Waals surface area contributed by atoms with Crippen LogP contribution in [0.1, 0.15) is 15.4 Å². The number of aromatic nitrogens is 2. The predicted octanol–water partition coefficient (Wildman–Crippen LogP) is 2.37. The number of hydrogen-bond donors (Lipinski definition) is 0. The number of hydrogen-bond acceptors (Lipinski definition) is 3. The van der Waals surface area contributed by atoms with Crippen LogP contribution in [0, 0.1) is 0 Å². The largest absolute Gasteiger partial charge is 0.286 e. The Kier molecular flexibility index (Phi) is 2.39. The molecule has 3 nitrogen and oxygen atoms in total. The zero-order chi connectivity index (χ0) is 10.1. The summed E-state index contributed by atoms with van der Waals surface area (Å²) in [5, 5.41) is 6.30. The highest BCUT2D eigenvalue weighted by Crippen LogP contribution is 2.24. The minimum Gasteiger partial charge on any atom is -0.286 e. The first-order valence-corrected chi connectivity index (χ1v) is 5.21. The molecule has 14 heavy (non-hydrogen) atoms. The number of ketones is 1. The lowest BCUT2D eigenvalue weighted by Gasteiger charge is -1.93. The summed E-state index contributed by atoms with van der Waals surface area (Å²) in [4.78, 5) is 12.3. The summed E-state index contributed by atoms with van der Waals surface area (Å²) >= 11 is 7.18. The molecule has 0 N–H and O–H groups in total. The number of thiophene rings is 1. The molecule has 2 rings (SSSR count). The standard InChI is InChI=1S/C9H7ClN2OS/c1-12-4-2-7(11-12)8(13)9-6(10)3-5-14-9/h2-5H,1H3. The number of carbonyl (C=O) groups excluding carboxylic acids is 1. The average Bonchev–Trinajstić information content (AvgIpc) is 2.73. The molecule has 0 spiro atoms. The molecule has 5 heteroatoms. The quantitative estimate of drug-likeness (QED) is 0.737. The first-order chi connectivity index (χ1) is 6.68. The van der Waals surface area contributed by atoms with Gasteiger partial charge in [0.1, 0.15) is 5.69 Å². The summed E-state index contributed by atoms with van der Waals surface area (Å²) in [6.45, 7) is 0. The Labute approximate surface area is 89.9 Å². The number of rotatable bonds is 2. The van der Waals surface area contributed by atoms with Crippen molar-refractivity contribution in [1.82, 2.24) is 9.78 Å². The van der Waals surface area contributed by atoms with E-state index >= 15 is 0 Å². The van der Waals surface area contributed by atoms with Gasteiger partial charge in [-0.05, 0) is 17.5 Å². The third kappa shape index (κ3) is 1.58. The highest BCUT2D eigenvalue weighted by molar-refractivity contribution is 7.13. The molecule has 2 heterocycles. The average molecular weight is 227 g/mol. The molecule has 0 unspecified atom stereocenters. The topological polar surface area (TPSA) is 34.9 Å². The fourth-order valence-corrected chi connectivity index (χ4v) is 2.20. The summed E-state index contributed by atoms with van der Waals surface area (Å²) in [6, 6.07) is 3.39. The minimum absolute atomic E-state index is 0.120. The molecule has 0 bridgehead atoms. The molecule has 0 aliphatic rings. The van der Waals surface area contributed by atoms with Crippen molar-refractivity contribution >= 4 is 28.7 Å². The van der Waals surface area contributed by atoms with Gasteiger partial charge in [0.2, 0.25) is 5.78 Å². The Morgan fingerprint density at radius 3 is 2.86 bits per heavy atom. The second-order valence-electron chi connectivity index (χ2n) is 2.80. The third-order valence-corrected chi connectivity index (χ3v) is 3.11. The summed E-state index contributed by atoms with van der Waals surface area (Å²) in [6.07, 6.45) is 1.73. The van der Waals surface area contributed by atoms with E-state index in [-0.39, 0.29) is 5.78 Å². The van der Waals surface area contributed by atoms with Crippen molar-refractivity contribution in [3.63, 3.8) is 0 Å². The Morgan fingerprint density at radius 2 is 2.36 bits per heavy atom. The molecular weight excluding hydrogens is 220 g/mol. The van der Waals surface area contributed by atoms with Crippen LogP contribution in [0.2, 0.25) is 5.02 Å². The smallest absolute Gasteiger partial charge is 0.224 e. The zero-order valence-corrected chi connectivity index (χ0v) is 8.97. The second kappa shape index (κ2) is 3.55. The van der Waals surface area contributed by atoms with Crippen LogP contribution < -0.4 is 0 Å². The van der Waals surface area contributed by atoms with Crippen molar-refractivity contribution in [2.45, 2.75) is 0 Å². The molecule has 0 fully saturated rings. The Morgan fingerprint density at radius 1 is 1.57 bits per heavy atom. The van der Waals surface area contributed by atoms with Crippen LogP contribution in [-0.4, -0.2) is 15.6 Å². The van der Waals surface area contributed by atoms with Crippen LogP contribution >= 0.6 is 22.9 Å². The van der Waals surface area contributed by atoms with Gasteiger partial charge in [0.05, 0.1) is 9.90 Å². The van der Waals surface area contributed by atoms with E-state index in [4.69, 9.17) is 11.6 Å². The SMILES string of the molecule is Cn1ccc(C(=O)c2sccc2Cl)n1. The maximum Gasteiger partial charge on any atom is 0.224 e. The van der Waals surface area contributed by atoms with Crippen molar-refractivity contribution in [3.05, 3.63) is 39.3 Å². The lowest BCUT2D eigenvalue weighted by atomic mass is 10.2. The van der Waals surface area contributed by atoms with Crippen molar-refractivity contribution in [2.24, 2.45) is 7.05 Å². The Balaban J connectivity index is 2.38. The monoisotopic (exact) mass is 226 g/mol. The van der Waals surface area contributed by atoms with Gasteiger partial charge in [-0.25, -0.2) is 0 Å². The van der Waals surface area contributed by atoms with Gasteiger partial charge in [-0.15, -0.1) is 11.3 Å². The first kappa shape index (κ1) is 9.43. The molecule has 0 amide bonds. The van der Waals surface area contributed by atoms with Gasteiger partial charge in [-0.1, -0.05) is 11.6 Å². The van der Waals surface area contributed by atoms with Crippen LogP contribution in [0.3, 0.4) is 0 Å². The fraction of sp³-hybridized carbons (Fsp3) is 0.111. The van der Waals surface area contributed by atoms with E-state index in [9.17, 15) is 4.79 Å². The van der Waals surface area contributed by atoms with E-state index < -0.39 is 0 Å². The molecule has 0 saturated carbocycles. The lowest BCUT2D eigenvalue weighted by molar-refractivity contribution is 0.103. The number of halogens is 1. The molecule has 2 aromatic rings. The number of aryl methyl sites for hydroxylation is 1. The summed E-state index contributed by atoms with van der Waals surface area (Å²) in [5.41, 5.74) is 0.428. The fourth-order valence-electron chi connectivity index (χ4n) is 1.11. The molecule has 0 atom stereocenters. The summed E-state index contributed by atoms with van der Waals surface area (Å²) in [5.74, 6) is -0.120. The van der Waals surface area contributed by atoms with Crippen LogP contribution in [-0.2, 0) is 7.05 Å². The zero-order valence-electron chi connectivity index (χ0n) is 7.40. The van der Waals surface area contributed by atoms with Crippen molar-refractivity contribution in [3.8, 4) is 0 Å². The van der Waals surface area contributed by atoms with Gasteiger partial charge in [0.25, 0.3) is 0 Å². The van der Waals surface area contributed by atoms with E-state index in [1.807, 2.05) is 0 Å². The van der Waals surface area contributed by atoms with E-state index in [2.05, 4.69) is 5.10 Å². The molecule has 0 aromatic carbocycles. The number of carbonyl (C=O) groups is 1. The highest BCUT2D eigenvalue weighted by atomic mass is 35.5. The van der Waals surface area contributed by atoms with Gasteiger partial charge in [0.15, 0.2) is 0 Å². The normalized spacial score (nSPS) is 10.4. The molecule has 0 saturated heterocycles. The maximum absolute atomic E-state index is 11.8. The second-order valence-corrected chi connectivity index (χ2v) is 4.12. The first-order valence-electron chi connectivity index (χ1n) is 3.96. The van der Waals surface area contributed by atoms with Crippen LogP contribution in [0.4, 0.5) is 0 Å². The Bertz CT molecular complexity index is 475. The summed E-state index contributed by atoms with van der Waals surface area (Å²) in [7, 11) is 1.77. The van der Waals surface area contributed by atoms with E-state index in [1.165, 1.54) is 11.3 Å². The van der Waals surface area contributed by atoms with Crippen LogP contribution in [0.15, 0.2) is 23.7 Å². The van der Waals surface area contributed by atoms with Crippen molar-refractivity contribution < 1.29 is 4.79 Å². The predicted molar refractivity (Wildman–Crippen MR) is 56.0 cm³/mol. The number of nitrogens with zero attached hydrogens (tertiary/aromatic N) is 2. The molecule has 2 aromatic heterocycles. The van der Waals surface area contributed by atoms with E-state index in [0.717, 1.165) is 0 Å². The molecular formula is C9H7ClN2OS. The van der Waals surface area contributed by atoms with Gasteiger partial charge in [0, 0.05) is 13.2 Å². The lowest BCUT2D eigenvalue weighted by Crippen LogP contribution is -2.01. The van der Waals surface area contributed by atoms with E-state index in [1.54, 1.807) is 35.4 Å². The van der Waals surface area contributed by atoms with Gasteiger partial charge >= 0.3 is 0 Å². The third-order valence-electron chi connectivity index (χ3n) is 1.77. The van der Waals surface area contributed by atoms with Gasteiger partial charge in [-0.2, -0.15) is 5.10 Å². The van der Waals surface area contributed by atoms with Crippen LogP contribution in [0.25, 0.3) is 0 Å². The molecule has 0 aliphatic carbocycles. The van der Waals surface area contributed by atoms with Gasteiger partial charge < -0.3 is 0 Å². The van der Waals surface area contributed by atoms with E-state index in [0.29, 0.717) is 15.6 Å². The van der Waals surface area contributed by atoms with Crippen LogP contribution in [0.5, 0.6) is 0 Å². The van der Waals surface area contributed by atoms with Gasteiger partial charge in [-0.3, -0.25) is 9.48 Å². The molecule has 72 valence electrons. The van der Waals surface area contributed by atoms with Crippen molar-refractivity contribution in [1.29, 1.82) is 0 Å². The Hall–Kier alpha value is -1.13. The highest BCUT2D eigenvalue weighted by Gasteiger charge is 2.16. The molecule has 0 aliphatic heterocycles. The minimum atomic E-state index is -0.120. The van der Waals surface area contributed by atoms with Crippen molar-refractivity contribution in [2.75, 3.05) is 0 Å². The summed E-state index contributed by atoms with van der Waals surface area (Å²) < 4.78 is 1.59. The molecule has 0 radical (unpaired) electrons.